The van der Waals surface area contributed by atoms with Gasteiger partial charge in [-0.25, -0.2) is 0 Å². The van der Waals surface area contributed by atoms with Crippen LogP contribution in [0.1, 0.15) is 112 Å². The molecule has 4 N–H and O–H groups in total. The standard InChI is InChI=1S/C38H62N2O2/c1-25(2)26(3)9-10-27(4)32-14-15-33-31-13-11-28-23-30(17-19-37(28,5)34(31)18-20-38(32,33)6)41-21-7-8-22-42-36-16-12-29(39)24-35(36)40/h7-8,12,16,24-28,30-34H,9-11,13-15,17-23,39-40H2,1-6H3/b8-7+/t26-,27?,28?,30?,31?,32?,33?,34?,37+,38+/m0/s1. The normalized spacial score (nSPS) is 37.7. The van der Waals surface area contributed by atoms with Crippen molar-refractivity contribution in [1.29, 1.82) is 0 Å². The molecule has 0 bridgehead atoms. The monoisotopic (exact) mass is 578 g/mol. The Labute approximate surface area is 257 Å². The van der Waals surface area contributed by atoms with Crippen molar-refractivity contribution in [3.63, 3.8) is 0 Å². The molecule has 1 aromatic rings. The lowest BCUT2D eigenvalue weighted by Gasteiger charge is -2.61. The summed E-state index contributed by atoms with van der Waals surface area (Å²) in [6, 6.07) is 5.38. The molecule has 0 aromatic heterocycles. The van der Waals surface area contributed by atoms with Crippen LogP contribution in [0.25, 0.3) is 0 Å². The number of hydrogen-bond acceptors (Lipinski definition) is 4. The second-order valence-corrected chi connectivity index (χ2v) is 16.0. The van der Waals surface area contributed by atoms with Crippen molar-refractivity contribution in [2.75, 3.05) is 24.7 Å². The van der Waals surface area contributed by atoms with Crippen molar-refractivity contribution in [3.05, 3.63) is 30.4 Å². The van der Waals surface area contributed by atoms with Crippen molar-refractivity contribution in [2.45, 2.75) is 118 Å². The Bertz CT molecular complexity index is 1070. The molecule has 4 nitrogen and oxygen atoms in total. The third kappa shape index (κ3) is 6.40. The van der Waals surface area contributed by atoms with E-state index in [2.05, 4.69) is 47.6 Å². The highest BCUT2D eigenvalue weighted by atomic mass is 16.5. The Kier molecular flexibility index (Phi) is 9.92. The first-order chi connectivity index (χ1) is 20.0. The van der Waals surface area contributed by atoms with Gasteiger partial charge < -0.3 is 20.9 Å². The van der Waals surface area contributed by atoms with Gasteiger partial charge in [-0.3, -0.25) is 0 Å². The number of nitrogen functional groups attached to an aromatic ring is 2. The highest BCUT2D eigenvalue weighted by Gasteiger charge is 2.60. The summed E-state index contributed by atoms with van der Waals surface area (Å²) < 4.78 is 12.2. The number of anilines is 2. The summed E-state index contributed by atoms with van der Waals surface area (Å²) in [6.45, 7) is 16.4. The van der Waals surface area contributed by atoms with E-state index in [0.29, 0.717) is 47.3 Å². The summed E-state index contributed by atoms with van der Waals surface area (Å²) in [6.07, 6.45) is 20.0. The lowest BCUT2D eigenvalue weighted by Crippen LogP contribution is -2.54. The molecule has 4 heteroatoms. The fraction of sp³-hybridized carbons (Fsp3) is 0.789. The summed E-state index contributed by atoms with van der Waals surface area (Å²) >= 11 is 0. The Hall–Kier alpha value is -1.68. The third-order valence-electron chi connectivity index (χ3n) is 13.6. The average Bonchev–Trinajstić information content (AvgIpc) is 3.31. The van der Waals surface area contributed by atoms with Crippen LogP contribution in [-0.4, -0.2) is 19.3 Å². The SMILES string of the molecule is CC(CC[C@H](C)C(C)C)C1CCC2C3CCC4CC(OC/C=C/COc5ccc(N)cc5N)CC[C@@]4(C)C3CC[C@]12C. The second-order valence-electron chi connectivity index (χ2n) is 16.0. The Morgan fingerprint density at radius 3 is 2.36 bits per heavy atom. The summed E-state index contributed by atoms with van der Waals surface area (Å²) in [4.78, 5) is 0. The van der Waals surface area contributed by atoms with E-state index in [4.69, 9.17) is 20.9 Å². The van der Waals surface area contributed by atoms with Crippen LogP contribution in [0.2, 0.25) is 0 Å². The minimum Gasteiger partial charge on any atom is -0.487 e. The van der Waals surface area contributed by atoms with Crippen LogP contribution in [0.5, 0.6) is 5.75 Å². The molecule has 0 radical (unpaired) electrons. The van der Waals surface area contributed by atoms with Crippen LogP contribution in [0.3, 0.4) is 0 Å². The minimum atomic E-state index is 0.400. The Balaban J connectivity index is 1.10. The van der Waals surface area contributed by atoms with Gasteiger partial charge in [0.15, 0.2) is 0 Å². The molecule has 0 amide bonds. The molecule has 0 aliphatic heterocycles. The van der Waals surface area contributed by atoms with Gasteiger partial charge in [0.2, 0.25) is 0 Å². The largest absolute Gasteiger partial charge is 0.487 e. The summed E-state index contributed by atoms with van der Waals surface area (Å²) in [7, 11) is 0. The average molecular weight is 579 g/mol. The lowest BCUT2D eigenvalue weighted by molar-refractivity contribution is -0.135. The number of nitrogens with two attached hydrogens (primary N) is 2. The van der Waals surface area contributed by atoms with E-state index in [1.807, 2.05) is 18.2 Å². The van der Waals surface area contributed by atoms with Crippen molar-refractivity contribution < 1.29 is 9.47 Å². The molecular formula is C38H62N2O2. The fourth-order valence-electron chi connectivity index (χ4n) is 10.6. The van der Waals surface area contributed by atoms with Gasteiger partial charge in [-0.1, -0.05) is 60.5 Å². The van der Waals surface area contributed by atoms with Crippen molar-refractivity contribution >= 4 is 11.4 Å². The van der Waals surface area contributed by atoms with Crippen LogP contribution in [-0.2, 0) is 4.74 Å². The molecule has 4 aliphatic rings. The molecular weight excluding hydrogens is 516 g/mol. The van der Waals surface area contributed by atoms with Gasteiger partial charge in [0.1, 0.15) is 12.4 Å². The fourth-order valence-corrected chi connectivity index (χ4v) is 10.6. The lowest BCUT2D eigenvalue weighted by atomic mass is 9.44. The number of fused-ring (bicyclic) bond motifs is 5. The smallest absolute Gasteiger partial charge is 0.142 e. The molecule has 42 heavy (non-hydrogen) atoms. The third-order valence-corrected chi connectivity index (χ3v) is 13.6. The van der Waals surface area contributed by atoms with E-state index >= 15 is 0 Å². The molecule has 4 saturated carbocycles. The van der Waals surface area contributed by atoms with Crippen LogP contribution >= 0.6 is 0 Å². The van der Waals surface area contributed by atoms with Gasteiger partial charge in [0, 0.05) is 5.69 Å². The summed E-state index contributed by atoms with van der Waals surface area (Å²) in [5.74, 6) is 7.87. The molecule has 4 fully saturated rings. The molecule has 5 rings (SSSR count). The summed E-state index contributed by atoms with van der Waals surface area (Å²) in [5, 5.41) is 0. The first-order valence-electron chi connectivity index (χ1n) is 17.6. The molecule has 4 aliphatic carbocycles. The predicted molar refractivity (Wildman–Crippen MR) is 177 cm³/mol. The van der Waals surface area contributed by atoms with Crippen LogP contribution in [0.4, 0.5) is 11.4 Å². The Morgan fingerprint density at radius 1 is 0.857 bits per heavy atom. The molecule has 236 valence electrons. The zero-order chi connectivity index (χ0) is 30.1. The molecule has 1 aromatic carbocycles. The van der Waals surface area contributed by atoms with Gasteiger partial charge in [0.25, 0.3) is 0 Å². The molecule has 0 saturated heterocycles. The van der Waals surface area contributed by atoms with Crippen molar-refractivity contribution in [1.82, 2.24) is 0 Å². The molecule has 0 heterocycles. The van der Waals surface area contributed by atoms with Gasteiger partial charge >= 0.3 is 0 Å². The number of rotatable bonds is 11. The van der Waals surface area contributed by atoms with E-state index in [1.165, 1.54) is 70.6 Å². The maximum absolute atomic E-state index is 6.40. The highest BCUT2D eigenvalue weighted by Crippen LogP contribution is 2.68. The first-order valence-corrected chi connectivity index (χ1v) is 17.6. The second kappa shape index (κ2) is 13.1. The highest BCUT2D eigenvalue weighted by molar-refractivity contribution is 5.60. The predicted octanol–water partition coefficient (Wildman–Crippen LogP) is 9.54. The maximum Gasteiger partial charge on any atom is 0.142 e. The minimum absolute atomic E-state index is 0.400. The molecule has 7 unspecified atom stereocenters. The van der Waals surface area contributed by atoms with Crippen LogP contribution < -0.4 is 16.2 Å². The van der Waals surface area contributed by atoms with E-state index in [9.17, 15) is 0 Å². The van der Waals surface area contributed by atoms with Gasteiger partial charge in [-0.15, -0.1) is 0 Å². The van der Waals surface area contributed by atoms with Gasteiger partial charge in [-0.05, 0) is 140 Å². The van der Waals surface area contributed by atoms with Crippen LogP contribution in [0, 0.1) is 58.2 Å². The maximum atomic E-state index is 6.40. The van der Waals surface area contributed by atoms with Crippen molar-refractivity contribution in [2.24, 2.45) is 58.2 Å². The van der Waals surface area contributed by atoms with E-state index in [-0.39, 0.29) is 0 Å². The van der Waals surface area contributed by atoms with Gasteiger partial charge in [0.05, 0.1) is 18.4 Å². The zero-order valence-corrected chi connectivity index (χ0v) is 27.7. The zero-order valence-electron chi connectivity index (χ0n) is 27.7. The molecule has 10 atom stereocenters. The van der Waals surface area contributed by atoms with E-state index in [0.717, 1.165) is 47.3 Å². The van der Waals surface area contributed by atoms with E-state index < -0.39 is 0 Å². The Morgan fingerprint density at radius 2 is 1.60 bits per heavy atom. The van der Waals surface area contributed by atoms with Gasteiger partial charge in [-0.2, -0.15) is 0 Å². The number of hydrogen-bond donors (Lipinski definition) is 2. The molecule has 0 spiro atoms. The topological polar surface area (TPSA) is 70.5 Å². The van der Waals surface area contributed by atoms with Crippen molar-refractivity contribution in [3.8, 4) is 5.75 Å². The first kappa shape index (κ1) is 31.7. The summed E-state index contributed by atoms with van der Waals surface area (Å²) in [5.41, 5.74) is 14.1. The number of benzene rings is 1. The number of ether oxygens (including phenoxy) is 2. The quantitative estimate of drug-likeness (QED) is 0.203. The van der Waals surface area contributed by atoms with E-state index in [1.54, 1.807) is 6.07 Å². The van der Waals surface area contributed by atoms with Crippen LogP contribution in [0.15, 0.2) is 30.4 Å².